The Morgan fingerprint density at radius 3 is 2.76 bits per heavy atom. The predicted octanol–water partition coefficient (Wildman–Crippen LogP) is 4.94. The molecule has 3 heterocycles. The van der Waals surface area contributed by atoms with Crippen molar-refractivity contribution < 1.29 is 9.47 Å². The first kappa shape index (κ1) is 21.8. The number of fused-ring (bicyclic) bond motifs is 1. The molecule has 7 nitrogen and oxygen atoms in total. The first-order valence-electron chi connectivity index (χ1n) is 10.9. The molecule has 0 radical (unpaired) electrons. The summed E-state index contributed by atoms with van der Waals surface area (Å²) in [6.07, 6.45) is 5.36. The van der Waals surface area contributed by atoms with Gasteiger partial charge in [0.25, 0.3) is 0 Å². The number of benzene rings is 2. The molecule has 0 saturated carbocycles. The number of hydrogen-bond acceptors (Lipinski definition) is 7. The lowest BCUT2D eigenvalue weighted by Gasteiger charge is -2.26. The van der Waals surface area contributed by atoms with Crippen molar-refractivity contribution in [2.45, 2.75) is 13.2 Å². The third-order valence-electron chi connectivity index (χ3n) is 5.44. The molecule has 2 aromatic carbocycles. The van der Waals surface area contributed by atoms with Crippen molar-refractivity contribution in [2.75, 3.05) is 31.6 Å². The average molecular weight is 506 g/mol. The number of anilines is 2. The summed E-state index contributed by atoms with van der Waals surface area (Å²) in [7, 11) is 0. The maximum atomic E-state index is 6.00. The van der Waals surface area contributed by atoms with E-state index in [1.807, 2.05) is 36.5 Å². The second-order valence-electron chi connectivity index (χ2n) is 7.90. The van der Waals surface area contributed by atoms with Crippen molar-refractivity contribution in [3.05, 3.63) is 82.7 Å². The Labute approximate surface area is 200 Å². The van der Waals surface area contributed by atoms with Gasteiger partial charge in [0.05, 0.1) is 23.2 Å². The fourth-order valence-electron chi connectivity index (χ4n) is 3.74. The minimum atomic E-state index is 0.435. The van der Waals surface area contributed by atoms with E-state index in [1.165, 1.54) is 5.56 Å². The fourth-order valence-corrected chi connectivity index (χ4v) is 4.22. The van der Waals surface area contributed by atoms with E-state index in [4.69, 9.17) is 14.5 Å². The molecule has 0 aliphatic carbocycles. The van der Waals surface area contributed by atoms with Crippen molar-refractivity contribution >= 4 is 38.5 Å². The minimum Gasteiger partial charge on any atom is -0.488 e. The third kappa shape index (κ3) is 5.65. The van der Waals surface area contributed by atoms with E-state index in [1.54, 1.807) is 12.4 Å². The molecule has 1 saturated heterocycles. The molecule has 33 heavy (non-hydrogen) atoms. The summed E-state index contributed by atoms with van der Waals surface area (Å²) in [6, 6.07) is 16.2. The van der Waals surface area contributed by atoms with Gasteiger partial charge in [-0.15, -0.1) is 0 Å². The second-order valence-corrected chi connectivity index (χ2v) is 8.75. The maximum Gasteiger partial charge on any atom is 0.227 e. The monoisotopic (exact) mass is 505 g/mol. The minimum absolute atomic E-state index is 0.435. The standard InChI is InChI=1S/C25H24BrN5O2/c26-22-12-20-15-28-25(30-23(20)13-24(22)33-17-19-4-2-6-27-14-19)29-21-5-1-3-18(11-21)16-31-7-9-32-10-8-31/h1-6,11-15H,7-10,16-17H2,(H,28,29,30). The largest absolute Gasteiger partial charge is 0.488 e. The summed E-state index contributed by atoms with van der Waals surface area (Å²) in [5.41, 5.74) is 4.02. The molecule has 0 unspecified atom stereocenters. The van der Waals surface area contributed by atoms with Crippen LogP contribution in [0.5, 0.6) is 5.75 Å². The van der Waals surface area contributed by atoms with Crippen molar-refractivity contribution in [1.29, 1.82) is 0 Å². The summed E-state index contributed by atoms with van der Waals surface area (Å²) in [5.74, 6) is 1.27. The van der Waals surface area contributed by atoms with E-state index < -0.39 is 0 Å². The fraction of sp³-hybridized carbons (Fsp3) is 0.240. The van der Waals surface area contributed by atoms with E-state index in [0.717, 1.165) is 65.2 Å². The molecule has 1 N–H and O–H groups in total. The van der Waals surface area contributed by atoms with Gasteiger partial charge in [0.2, 0.25) is 5.95 Å². The molecule has 2 aromatic heterocycles. The smallest absolute Gasteiger partial charge is 0.227 e. The van der Waals surface area contributed by atoms with Crippen LogP contribution < -0.4 is 10.1 Å². The number of aromatic nitrogens is 3. The van der Waals surface area contributed by atoms with E-state index in [-0.39, 0.29) is 0 Å². The second kappa shape index (κ2) is 10.2. The SMILES string of the molecule is Brc1cc2cnc(Nc3cccc(CN4CCOCC4)c3)nc2cc1OCc1cccnc1. The molecule has 0 amide bonds. The van der Waals surface area contributed by atoms with Gasteiger partial charge in [-0.1, -0.05) is 18.2 Å². The van der Waals surface area contributed by atoms with Gasteiger partial charge >= 0.3 is 0 Å². The number of nitrogens with zero attached hydrogens (tertiary/aromatic N) is 4. The Kier molecular flexibility index (Phi) is 6.76. The van der Waals surface area contributed by atoms with Crippen LogP contribution in [0.4, 0.5) is 11.6 Å². The van der Waals surface area contributed by atoms with Gasteiger partial charge in [0.1, 0.15) is 12.4 Å². The first-order valence-corrected chi connectivity index (χ1v) is 11.7. The number of hydrogen-bond donors (Lipinski definition) is 1. The topological polar surface area (TPSA) is 72.4 Å². The van der Waals surface area contributed by atoms with Gasteiger partial charge in [-0.05, 0) is 45.8 Å². The van der Waals surface area contributed by atoms with Crippen LogP contribution >= 0.6 is 15.9 Å². The Bertz CT molecular complexity index is 1230. The molecule has 0 spiro atoms. The van der Waals surface area contributed by atoms with Crippen LogP contribution in [0, 0.1) is 0 Å². The Morgan fingerprint density at radius 1 is 1.03 bits per heavy atom. The van der Waals surface area contributed by atoms with Crippen LogP contribution in [0.25, 0.3) is 10.9 Å². The van der Waals surface area contributed by atoms with Crippen LogP contribution in [-0.4, -0.2) is 46.2 Å². The van der Waals surface area contributed by atoms with Crippen molar-refractivity contribution in [3.8, 4) is 5.75 Å². The number of pyridine rings is 1. The highest BCUT2D eigenvalue weighted by atomic mass is 79.9. The van der Waals surface area contributed by atoms with Gasteiger partial charge in [-0.25, -0.2) is 9.97 Å². The van der Waals surface area contributed by atoms with Crippen LogP contribution in [0.15, 0.2) is 71.6 Å². The van der Waals surface area contributed by atoms with E-state index in [9.17, 15) is 0 Å². The van der Waals surface area contributed by atoms with Crippen LogP contribution in [-0.2, 0) is 17.9 Å². The molecule has 0 bridgehead atoms. The molecule has 1 fully saturated rings. The number of ether oxygens (including phenoxy) is 2. The van der Waals surface area contributed by atoms with E-state index >= 15 is 0 Å². The lowest BCUT2D eigenvalue weighted by molar-refractivity contribution is 0.0342. The summed E-state index contributed by atoms with van der Waals surface area (Å²) in [5, 5.41) is 4.27. The average Bonchev–Trinajstić information content (AvgIpc) is 2.84. The van der Waals surface area contributed by atoms with Gasteiger partial charge in [0.15, 0.2) is 0 Å². The highest BCUT2D eigenvalue weighted by Gasteiger charge is 2.11. The summed E-state index contributed by atoms with van der Waals surface area (Å²) >= 11 is 3.59. The Morgan fingerprint density at radius 2 is 1.91 bits per heavy atom. The molecular weight excluding hydrogens is 482 g/mol. The van der Waals surface area contributed by atoms with Crippen molar-refractivity contribution in [1.82, 2.24) is 19.9 Å². The summed E-state index contributed by atoms with van der Waals surface area (Å²) < 4.78 is 12.3. The quantitative estimate of drug-likeness (QED) is 0.381. The molecule has 4 aromatic rings. The third-order valence-corrected chi connectivity index (χ3v) is 6.06. The van der Waals surface area contributed by atoms with Gasteiger partial charge in [0, 0.05) is 60.9 Å². The Balaban J connectivity index is 1.31. The molecular formula is C25H24BrN5O2. The Hall–Kier alpha value is -3.07. The van der Waals surface area contributed by atoms with E-state index in [2.05, 4.69) is 54.3 Å². The molecule has 1 aliphatic rings. The highest BCUT2D eigenvalue weighted by Crippen LogP contribution is 2.31. The molecule has 0 atom stereocenters. The van der Waals surface area contributed by atoms with Crippen LogP contribution in [0.3, 0.4) is 0 Å². The maximum absolute atomic E-state index is 6.00. The highest BCUT2D eigenvalue weighted by molar-refractivity contribution is 9.10. The van der Waals surface area contributed by atoms with Crippen molar-refractivity contribution in [2.24, 2.45) is 0 Å². The molecule has 168 valence electrons. The molecule has 1 aliphatic heterocycles. The number of morpholine rings is 1. The predicted molar refractivity (Wildman–Crippen MR) is 132 cm³/mol. The number of rotatable bonds is 7. The zero-order valence-electron chi connectivity index (χ0n) is 18.1. The first-order chi connectivity index (χ1) is 16.2. The zero-order valence-corrected chi connectivity index (χ0v) is 19.7. The summed E-state index contributed by atoms with van der Waals surface area (Å²) in [4.78, 5) is 15.7. The number of nitrogens with one attached hydrogen (secondary N) is 1. The number of halogens is 1. The van der Waals surface area contributed by atoms with E-state index in [0.29, 0.717) is 12.6 Å². The summed E-state index contributed by atoms with van der Waals surface area (Å²) in [6.45, 7) is 4.87. The van der Waals surface area contributed by atoms with Gasteiger partial charge < -0.3 is 14.8 Å². The van der Waals surface area contributed by atoms with Gasteiger partial charge in [-0.3, -0.25) is 9.88 Å². The van der Waals surface area contributed by atoms with Crippen LogP contribution in [0.1, 0.15) is 11.1 Å². The lowest BCUT2D eigenvalue weighted by Crippen LogP contribution is -2.35. The lowest BCUT2D eigenvalue weighted by atomic mass is 10.2. The normalized spacial score (nSPS) is 14.3. The molecule has 5 rings (SSSR count). The molecule has 8 heteroatoms. The van der Waals surface area contributed by atoms with Crippen LogP contribution in [0.2, 0.25) is 0 Å². The zero-order chi connectivity index (χ0) is 22.5. The van der Waals surface area contributed by atoms with Crippen molar-refractivity contribution in [3.63, 3.8) is 0 Å². The van der Waals surface area contributed by atoms with Gasteiger partial charge in [-0.2, -0.15) is 0 Å².